The molecular weight excluding hydrogens is 234 g/mol. The number of hydrogen-bond donors (Lipinski definition) is 1. The van der Waals surface area contributed by atoms with Gasteiger partial charge in [-0.15, -0.1) is 0 Å². The van der Waals surface area contributed by atoms with Gasteiger partial charge in [-0.3, -0.25) is 0 Å². The number of rotatable bonds is 7. The highest BCUT2D eigenvalue weighted by atomic mass is 15.1. The highest BCUT2D eigenvalue weighted by Crippen LogP contribution is 2.46. The zero-order chi connectivity index (χ0) is 13.7. The van der Waals surface area contributed by atoms with E-state index in [1.807, 2.05) is 6.20 Å². The van der Waals surface area contributed by atoms with Gasteiger partial charge in [0.1, 0.15) is 5.82 Å². The van der Waals surface area contributed by atoms with Crippen molar-refractivity contribution in [2.45, 2.75) is 71.9 Å². The molecule has 3 nitrogen and oxygen atoms in total. The Bertz CT molecular complexity index is 377. The predicted molar refractivity (Wildman–Crippen MR) is 80.1 cm³/mol. The standard InChI is InChI=1S/C16H29N3/c1-4-10-17-14(16(3)8-6-7-9-16)15-18-11-13-19(15)12-5-2/h11,13-14,17H,4-10,12H2,1-3H3. The summed E-state index contributed by atoms with van der Waals surface area (Å²) < 4.78 is 2.34. The molecule has 1 aromatic rings. The minimum Gasteiger partial charge on any atom is -0.334 e. The van der Waals surface area contributed by atoms with Gasteiger partial charge >= 0.3 is 0 Å². The van der Waals surface area contributed by atoms with E-state index in [0.717, 1.165) is 13.1 Å². The Labute approximate surface area is 117 Å². The zero-order valence-electron chi connectivity index (χ0n) is 12.8. The van der Waals surface area contributed by atoms with Crippen LogP contribution in [0.1, 0.15) is 71.2 Å². The maximum atomic E-state index is 4.68. The zero-order valence-corrected chi connectivity index (χ0v) is 12.8. The lowest BCUT2D eigenvalue weighted by molar-refractivity contribution is 0.210. The lowest BCUT2D eigenvalue weighted by Crippen LogP contribution is -2.37. The number of aryl methyl sites for hydroxylation is 1. The molecule has 1 heterocycles. The van der Waals surface area contributed by atoms with Crippen LogP contribution >= 0.6 is 0 Å². The molecule has 1 atom stereocenters. The third kappa shape index (κ3) is 3.19. The molecule has 1 N–H and O–H groups in total. The normalized spacial score (nSPS) is 19.7. The lowest BCUT2D eigenvalue weighted by Gasteiger charge is -2.35. The first-order valence-corrected chi connectivity index (χ1v) is 7.95. The second-order valence-electron chi connectivity index (χ2n) is 6.23. The van der Waals surface area contributed by atoms with Gasteiger partial charge in [0.05, 0.1) is 6.04 Å². The van der Waals surface area contributed by atoms with E-state index >= 15 is 0 Å². The molecule has 1 aliphatic carbocycles. The van der Waals surface area contributed by atoms with E-state index in [1.165, 1.54) is 44.3 Å². The summed E-state index contributed by atoms with van der Waals surface area (Å²) in [4.78, 5) is 4.68. The summed E-state index contributed by atoms with van der Waals surface area (Å²) in [5.41, 5.74) is 0.381. The first kappa shape index (κ1) is 14.6. The summed E-state index contributed by atoms with van der Waals surface area (Å²) in [5, 5.41) is 3.77. The molecular formula is C16H29N3. The summed E-state index contributed by atoms with van der Waals surface area (Å²) in [6.45, 7) is 9.07. The van der Waals surface area contributed by atoms with Crippen molar-refractivity contribution in [1.29, 1.82) is 0 Å². The van der Waals surface area contributed by atoms with Crippen LogP contribution in [-0.4, -0.2) is 16.1 Å². The Morgan fingerprint density at radius 2 is 2.05 bits per heavy atom. The Kier molecular flexibility index (Phi) is 5.03. The van der Waals surface area contributed by atoms with Gasteiger partial charge in [-0.2, -0.15) is 0 Å². The Morgan fingerprint density at radius 1 is 1.32 bits per heavy atom. The minimum atomic E-state index is 0.381. The molecule has 0 aromatic carbocycles. The summed E-state index contributed by atoms with van der Waals surface area (Å²) in [6.07, 6.45) is 11.8. The third-order valence-electron chi connectivity index (χ3n) is 4.51. The molecule has 1 unspecified atom stereocenters. The van der Waals surface area contributed by atoms with Gasteiger partial charge in [0.2, 0.25) is 0 Å². The van der Waals surface area contributed by atoms with Crippen molar-refractivity contribution in [2.75, 3.05) is 6.54 Å². The van der Waals surface area contributed by atoms with E-state index in [0.29, 0.717) is 11.5 Å². The van der Waals surface area contributed by atoms with Gasteiger partial charge in [0.15, 0.2) is 0 Å². The minimum absolute atomic E-state index is 0.381. The van der Waals surface area contributed by atoms with Crippen molar-refractivity contribution in [1.82, 2.24) is 14.9 Å². The molecule has 2 rings (SSSR count). The molecule has 0 radical (unpaired) electrons. The smallest absolute Gasteiger partial charge is 0.126 e. The summed E-state index contributed by atoms with van der Waals surface area (Å²) in [7, 11) is 0. The molecule has 1 aromatic heterocycles. The first-order chi connectivity index (χ1) is 9.21. The van der Waals surface area contributed by atoms with Crippen molar-refractivity contribution in [3.63, 3.8) is 0 Å². The van der Waals surface area contributed by atoms with Crippen molar-refractivity contribution >= 4 is 0 Å². The Hall–Kier alpha value is -0.830. The number of hydrogen-bond acceptors (Lipinski definition) is 2. The van der Waals surface area contributed by atoms with Crippen LogP contribution in [0.3, 0.4) is 0 Å². The molecule has 0 amide bonds. The average molecular weight is 263 g/mol. The maximum absolute atomic E-state index is 4.68. The summed E-state index contributed by atoms with van der Waals surface area (Å²) in [5.74, 6) is 1.25. The van der Waals surface area contributed by atoms with Crippen LogP contribution in [-0.2, 0) is 6.54 Å². The van der Waals surface area contributed by atoms with E-state index in [2.05, 4.69) is 41.8 Å². The van der Waals surface area contributed by atoms with Crippen molar-refractivity contribution in [2.24, 2.45) is 5.41 Å². The van der Waals surface area contributed by atoms with Crippen LogP contribution in [0.15, 0.2) is 12.4 Å². The summed E-state index contributed by atoms with van der Waals surface area (Å²) in [6, 6.07) is 0.413. The average Bonchev–Trinajstić information content (AvgIpc) is 3.01. The fourth-order valence-electron chi connectivity index (χ4n) is 3.42. The van der Waals surface area contributed by atoms with Gasteiger partial charge in [0.25, 0.3) is 0 Å². The number of nitrogens with zero attached hydrogens (tertiary/aromatic N) is 2. The van der Waals surface area contributed by atoms with Crippen molar-refractivity contribution in [3.8, 4) is 0 Å². The van der Waals surface area contributed by atoms with Crippen LogP contribution in [0.4, 0.5) is 0 Å². The molecule has 108 valence electrons. The van der Waals surface area contributed by atoms with E-state index in [1.54, 1.807) is 0 Å². The first-order valence-electron chi connectivity index (χ1n) is 7.95. The number of imidazole rings is 1. The Morgan fingerprint density at radius 3 is 2.68 bits per heavy atom. The van der Waals surface area contributed by atoms with Gasteiger partial charge in [-0.05, 0) is 37.6 Å². The molecule has 19 heavy (non-hydrogen) atoms. The van der Waals surface area contributed by atoms with Crippen molar-refractivity contribution in [3.05, 3.63) is 18.2 Å². The van der Waals surface area contributed by atoms with Crippen LogP contribution in [0, 0.1) is 5.41 Å². The van der Waals surface area contributed by atoms with Crippen molar-refractivity contribution < 1.29 is 0 Å². The highest BCUT2D eigenvalue weighted by molar-refractivity contribution is 5.07. The number of aromatic nitrogens is 2. The maximum Gasteiger partial charge on any atom is 0.126 e. The van der Waals surface area contributed by atoms with E-state index in [4.69, 9.17) is 0 Å². The lowest BCUT2D eigenvalue weighted by atomic mass is 9.80. The van der Waals surface area contributed by atoms with Crippen LogP contribution in [0.5, 0.6) is 0 Å². The second-order valence-corrected chi connectivity index (χ2v) is 6.23. The third-order valence-corrected chi connectivity index (χ3v) is 4.51. The van der Waals surface area contributed by atoms with Gasteiger partial charge in [-0.25, -0.2) is 4.98 Å². The molecule has 0 aliphatic heterocycles. The molecule has 1 aliphatic rings. The Balaban J connectivity index is 2.23. The van der Waals surface area contributed by atoms with Crippen LogP contribution in [0.2, 0.25) is 0 Å². The molecule has 1 saturated carbocycles. The molecule has 0 bridgehead atoms. The molecule has 1 fully saturated rings. The molecule has 0 spiro atoms. The molecule has 3 heteroatoms. The highest BCUT2D eigenvalue weighted by Gasteiger charge is 2.39. The summed E-state index contributed by atoms with van der Waals surface area (Å²) >= 11 is 0. The van der Waals surface area contributed by atoms with Gasteiger partial charge < -0.3 is 9.88 Å². The van der Waals surface area contributed by atoms with E-state index < -0.39 is 0 Å². The van der Waals surface area contributed by atoms with Crippen LogP contribution < -0.4 is 5.32 Å². The SMILES string of the molecule is CCCNC(c1nccn1CCC)C1(C)CCCC1. The van der Waals surface area contributed by atoms with E-state index in [-0.39, 0.29) is 0 Å². The largest absolute Gasteiger partial charge is 0.334 e. The fraction of sp³-hybridized carbons (Fsp3) is 0.812. The van der Waals surface area contributed by atoms with Gasteiger partial charge in [0, 0.05) is 18.9 Å². The molecule has 0 saturated heterocycles. The fourth-order valence-corrected chi connectivity index (χ4v) is 3.42. The van der Waals surface area contributed by atoms with Crippen LogP contribution in [0.25, 0.3) is 0 Å². The second kappa shape index (κ2) is 6.56. The number of nitrogens with one attached hydrogen (secondary N) is 1. The predicted octanol–water partition coefficient (Wildman–Crippen LogP) is 3.91. The quantitative estimate of drug-likeness (QED) is 0.808. The van der Waals surface area contributed by atoms with E-state index in [9.17, 15) is 0 Å². The monoisotopic (exact) mass is 263 g/mol. The topological polar surface area (TPSA) is 29.9 Å². The van der Waals surface area contributed by atoms with Gasteiger partial charge in [-0.1, -0.05) is 33.6 Å².